The molecule has 8 heteroatoms. The van der Waals surface area contributed by atoms with Crippen LogP contribution in [-0.2, 0) is 6.54 Å². The molecule has 0 aliphatic carbocycles. The van der Waals surface area contributed by atoms with E-state index in [0.717, 1.165) is 5.56 Å². The maximum atomic E-state index is 12.8. The minimum absolute atomic E-state index is 0.0897. The largest absolute Gasteiger partial charge is 0.454 e. The molecular formula is C16H11N3O3S2. The predicted molar refractivity (Wildman–Crippen MR) is 91.9 cm³/mol. The lowest BCUT2D eigenvalue weighted by atomic mass is 10.2. The van der Waals surface area contributed by atoms with Crippen LogP contribution in [0.3, 0.4) is 0 Å². The molecule has 2 aromatic heterocycles. The molecule has 0 spiro atoms. The Morgan fingerprint density at radius 2 is 2.21 bits per heavy atom. The van der Waals surface area contributed by atoms with Gasteiger partial charge in [-0.2, -0.15) is 5.26 Å². The maximum absolute atomic E-state index is 12.8. The van der Waals surface area contributed by atoms with Crippen molar-refractivity contribution in [2.75, 3.05) is 12.5 Å². The van der Waals surface area contributed by atoms with Gasteiger partial charge in [-0.3, -0.25) is 9.36 Å². The number of nitrogens with zero attached hydrogens (tertiary/aromatic N) is 3. The lowest BCUT2D eigenvalue weighted by molar-refractivity contribution is 0.174. The highest BCUT2D eigenvalue weighted by molar-refractivity contribution is 7.99. The molecule has 3 heterocycles. The second-order valence-corrected chi connectivity index (χ2v) is 6.91. The number of rotatable bonds is 4. The standard InChI is InChI=1S/C16H11N3O3S2/c17-4-6-24-16-18-11-3-5-23-14(11)15(20)19(16)8-10-1-2-12-13(7-10)22-9-21-12/h1-3,5,7H,6,8-9H2. The van der Waals surface area contributed by atoms with Crippen molar-refractivity contribution in [2.24, 2.45) is 0 Å². The number of thiophene rings is 1. The smallest absolute Gasteiger partial charge is 0.272 e. The molecule has 0 saturated heterocycles. The zero-order chi connectivity index (χ0) is 16.5. The van der Waals surface area contributed by atoms with Crippen molar-refractivity contribution >= 4 is 33.3 Å². The number of aromatic nitrogens is 2. The molecule has 0 bridgehead atoms. The molecule has 0 radical (unpaired) electrons. The van der Waals surface area contributed by atoms with Crippen LogP contribution in [0.5, 0.6) is 11.5 Å². The van der Waals surface area contributed by atoms with Gasteiger partial charge in [-0.1, -0.05) is 17.8 Å². The van der Waals surface area contributed by atoms with Crippen molar-refractivity contribution in [1.82, 2.24) is 9.55 Å². The maximum Gasteiger partial charge on any atom is 0.272 e. The van der Waals surface area contributed by atoms with Crippen LogP contribution in [0.15, 0.2) is 39.6 Å². The highest BCUT2D eigenvalue weighted by Crippen LogP contribution is 2.33. The Balaban J connectivity index is 1.78. The second kappa shape index (κ2) is 6.19. The molecule has 120 valence electrons. The number of benzene rings is 1. The lowest BCUT2D eigenvalue weighted by Gasteiger charge is -2.11. The molecule has 0 saturated carbocycles. The van der Waals surface area contributed by atoms with Gasteiger partial charge in [0, 0.05) is 0 Å². The van der Waals surface area contributed by atoms with Crippen LogP contribution in [0, 0.1) is 11.3 Å². The molecule has 0 atom stereocenters. The molecule has 1 aliphatic rings. The van der Waals surface area contributed by atoms with Gasteiger partial charge in [0.1, 0.15) is 4.70 Å². The predicted octanol–water partition coefficient (Wildman–Crippen LogP) is 2.85. The Labute approximate surface area is 145 Å². The summed E-state index contributed by atoms with van der Waals surface area (Å²) in [6, 6.07) is 9.50. The summed E-state index contributed by atoms with van der Waals surface area (Å²) in [6.07, 6.45) is 0. The number of thioether (sulfide) groups is 1. The summed E-state index contributed by atoms with van der Waals surface area (Å²) in [7, 11) is 0. The monoisotopic (exact) mass is 357 g/mol. The molecule has 4 rings (SSSR count). The highest BCUT2D eigenvalue weighted by atomic mass is 32.2. The Bertz CT molecular complexity index is 1020. The minimum Gasteiger partial charge on any atom is -0.454 e. The molecule has 1 aromatic carbocycles. The van der Waals surface area contributed by atoms with E-state index in [2.05, 4.69) is 11.1 Å². The van der Waals surface area contributed by atoms with Crippen LogP contribution in [-0.4, -0.2) is 22.1 Å². The van der Waals surface area contributed by atoms with Crippen molar-refractivity contribution in [1.29, 1.82) is 5.26 Å². The Kier molecular flexibility index (Phi) is 3.88. The fourth-order valence-corrected chi connectivity index (χ4v) is 3.93. The summed E-state index contributed by atoms with van der Waals surface area (Å²) in [5, 5.41) is 11.2. The van der Waals surface area contributed by atoms with E-state index in [4.69, 9.17) is 14.7 Å². The van der Waals surface area contributed by atoms with Crippen LogP contribution in [0.4, 0.5) is 0 Å². The Morgan fingerprint density at radius 1 is 1.33 bits per heavy atom. The summed E-state index contributed by atoms with van der Waals surface area (Å²) in [4.78, 5) is 17.3. The van der Waals surface area contributed by atoms with Crippen molar-refractivity contribution in [2.45, 2.75) is 11.7 Å². The quantitative estimate of drug-likeness (QED) is 0.528. The number of ether oxygens (including phenoxy) is 2. The van der Waals surface area contributed by atoms with Gasteiger partial charge in [0.2, 0.25) is 6.79 Å². The first-order valence-electron chi connectivity index (χ1n) is 7.12. The van der Waals surface area contributed by atoms with Gasteiger partial charge in [0.15, 0.2) is 16.7 Å². The van der Waals surface area contributed by atoms with Gasteiger partial charge in [-0.05, 0) is 29.1 Å². The minimum atomic E-state index is -0.0897. The van der Waals surface area contributed by atoms with Gasteiger partial charge < -0.3 is 9.47 Å². The van der Waals surface area contributed by atoms with Crippen molar-refractivity contribution < 1.29 is 9.47 Å². The summed E-state index contributed by atoms with van der Waals surface area (Å²) >= 11 is 2.64. The molecule has 0 fully saturated rings. The van der Waals surface area contributed by atoms with E-state index < -0.39 is 0 Å². The van der Waals surface area contributed by atoms with Crippen LogP contribution in [0.2, 0.25) is 0 Å². The zero-order valence-corrected chi connectivity index (χ0v) is 14.0. The average molecular weight is 357 g/mol. The number of hydrogen-bond acceptors (Lipinski definition) is 7. The molecule has 6 nitrogen and oxygen atoms in total. The topological polar surface area (TPSA) is 77.1 Å². The van der Waals surface area contributed by atoms with Crippen molar-refractivity contribution in [3.63, 3.8) is 0 Å². The SMILES string of the molecule is N#CCSc1nc2ccsc2c(=O)n1Cc1ccc2c(c1)OCO2. The molecular weight excluding hydrogens is 346 g/mol. The van der Waals surface area contributed by atoms with E-state index in [-0.39, 0.29) is 18.1 Å². The molecule has 0 N–H and O–H groups in total. The van der Waals surface area contributed by atoms with Gasteiger partial charge in [0.05, 0.1) is 23.9 Å². The van der Waals surface area contributed by atoms with Gasteiger partial charge >= 0.3 is 0 Å². The number of fused-ring (bicyclic) bond motifs is 2. The third-order valence-electron chi connectivity index (χ3n) is 3.57. The Hall–Kier alpha value is -2.50. The summed E-state index contributed by atoms with van der Waals surface area (Å²) in [5.74, 6) is 1.62. The highest BCUT2D eigenvalue weighted by Gasteiger charge is 2.16. The van der Waals surface area contributed by atoms with Gasteiger partial charge in [-0.25, -0.2) is 4.98 Å². The van der Waals surface area contributed by atoms with Gasteiger partial charge in [-0.15, -0.1) is 11.3 Å². The van der Waals surface area contributed by atoms with E-state index in [9.17, 15) is 4.79 Å². The third-order valence-corrected chi connectivity index (χ3v) is 5.31. The number of hydrogen-bond donors (Lipinski definition) is 0. The van der Waals surface area contributed by atoms with Crippen molar-refractivity contribution in [3.8, 4) is 17.6 Å². The molecule has 1 aliphatic heterocycles. The second-order valence-electron chi connectivity index (χ2n) is 5.06. The molecule has 0 unspecified atom stereocenters. The fourth-order valence-electron chi connectivity index (χ4n) is 2.49. The fraction of sp³-hybridized carbons (Fsp3) is 0.188. The van der Waals surface area contributed by atoms with Crippen LogP contribution in [0.1, 0.15) is 5.56 Å². The number of nitriles is 1. The Morgan fingerprint density at radius 3 is 3.08 bits per heavy atom. The summed E-state index contributed by atoms with van der Waals surface area (Å²) in [6.45, 7) is 0.578. The van der Waals surface area contributed by atoms with E-state index in [1.807, 2.05) is 29.6 Å². The molecule has 0 amide bonds. The lowest BCUT2D eigenvalue weighted by Crippen LogP contribution is -2.23. The van der Waals surface area contributed by atoms with Crippen LogP contribution >= 0.6 is 23.1 Å². The van der Waals surface area contributed by atoms with Gasteiger partial charge in [0.25, 0.3) is 5.56 Å². The molecule has 3 aromatic rings. The van der Waals surface area contributed by atoms with E-state index >= 15 is 0 Å². The summed E-state index contributed by atoms with van der Waals surface area (Å²) < 4.78 is 12.9. The first-order valence-corrected chi connectivity index (χ1v) is 8.99. The van der Waals surface area contributed by atoms with Crippen molar-refractivity contribution in [3.05, 3.63) is 45.6 Å². The summed E-state index contributed by atoms with van der Waals surface area (Å²) in [5.41, 5.74) is 1.50. The normalized spacial score (nSPS) is 12.5. The zero-order valence-electron chi connectivity index (χ0n) is 12.4. The van der Waals surface area contributed by atoms with E-state index in [1.54, 1.807) is 4.57 Å². The first kappa shape index (κ1) is 15.1. The third kappa shape index (κ3) is 2.62. The average Bonchev–Trinajstić information content (AvgIpc) is 3.24. The van der Waals surface area contributed by atoms with E-state index in [0.29, 0.717) is 33.4 Å². The first-order chi connectivity index (χ1) is 11.8. The van der Waals surface area contributed by atoms with E-state index in [1.165, 1.54) is 23.1 Å². The molecule has 24 heavy (non-hydrogen) atoms. The van der Waals surface area contributed by atoms with Crippen LogP contribution < -0.4 is 15.0 Å². The van der Waals surface area contributed by atoms with Crippen LogP contribution in [0.25, 0.3) is 10.2 Å².